The molecule has 0 bridgehead atoms. The van der Waals surface area contributed by atoms with E-state index in [4.69, 9.17) is 0 Å². The lowest BCUT2D eigenvalue weighted by atomic mass is 9.64. The van der Waals surface area contributed by atoms with Crippen LogP contribution in [0.5, 0.6) is 0 Å². The summed E-state index contributed by atoms with van der Waals surface area (Å²) >= 11 is 0. The first-order valence-corrected chi connectivity index (χ1v) is 15.6. The molecule has 0 N–H and O–H groups in total. The van der Waals surface area contributed by atoms with Crippen LogP contribution in [0.25, 0.3) is 44.8 Å². The Hall–Kier alpha value is -5.32. The number of pyridine rings is 1. The fourth-order valence-corrected chi connectivity index (χ4v) is 9.47. The molecule has 44 heavy (non-hydrogen) atoms. The van der Waals surface area contributed by atoms with Crippen molar-refractivity contribution >= 4 is 22.4 Å². The van der Waals surface area contributed by atoms with E-state index in [9.17, 15) is 0 Å². The average Bonchev–Trinajstić information content (AvgIpc) is 3.76. The maximum absolute atomic E-state index is 2.63. The van der Waals surface area contributed by atoms with Crippen LogP contribution in [0.2, 0.25) is 0 Å². The number of aromatic nitrogens is 3. The standard InChI is InChI=1S/C40H29N4/c1-25(2)42-35-22-7-8-23-36(35)43-39(42)29-16-12-20-33-38(29)44(43)37-28(34-21-9-10-24-41(34)44)15-11-19-32(37)40(33)30-17-5-3-13-26(30)27-14-4-6-18-31(27)40/h3-25H,1-2H3/q+3. The number of imidazole rings is 1. The Morgan fingerprint density at radius 1 is 0.568 bits per heavy atom. The van der Waals surface area contributed by atoms with Crippen molar-refractivity contribution in [3.05, 3.63) is 156 Å². The molecule has 0 saturated heterocycles. The van der Waals surface area contributed by atoms with Gasteiger partial charge in [0.25, 0.3) is 17.1 Å². The van der Waals surface area contributed by atoms with Crippen LogP contribution in [0, 0.1) is 0 Å². The highest BCUT2D eigenvalue weighted by Crippen LogP contribution is 2.67. The third kappa shape index (κ3) is 2.17. The first-order valence-electron chi connectivity index (χ1n) is 15.6. The van der Waals surface area contributed by atoms with Crippen molar-refractivity contribution in [1.82, 2.24) is 9.27 Å². The van der Waals surface area contributed by atoms with E-state index >= 15 is 0 Å². The Balaban J connectivity index is 1.46. The van der Waals surface area contributed by atoms with Crippen LogP contribution >= 0.6 is 0 Å². The zero-order valence-electron chi connectivity index (χ0n) is 24.6. The van der Waals surface area contributed by atoms with Gasteiger partial charge in [0, 0.05) is 32.6 Å². The SMILES string of the molecule is CC(C)n1c2[n+](c3ccccc31)[N+]13c4c(cccc4C4(c5ccccc5-c5ccccc54)c4cccc-2c41)-c1cccc[n+]13. The van der Waals surface area contributed by atoms with Crippen molar-refractivity contribution in [3.63, 3.8) is 0 Å². The largest absolute Gasteiger partial charge is 0.354 e. The molecule has 0 saturated carbocycles. The molecule has 4 nitrogen and oxygen atoms in total. The van der Waals surface area contributed by atoms with Crippen molar-refractivity contribution in [1.29, 1.82) is 0 Å². The second-order valence-electron chi connectivity index (χ2n) is 12.9. The van der Waals surface area contributed by atoms with Crippen molar-refractivity contribution < 1.29 is 9.35 Å². The summed E-state index contributed by atoms with van der Waals surface area (Å²) in [5.74, 6) is 1.26. The predicted molar refractivity (Wildman–Crippen MR) is 173 cm³/mol. The molecule has 1 unspecified atom stereocenters. The van der Waals surface area contributed by atoms with Gasteiger partial charge in [-0.15, -0.1) is 0 Å². The number of hydrogen-bond donors (Lipinski definition) is 0. The molecular formula is C40H29N4+3. The molecule has 206 valence electrons. The molecule has 7 aromatic rings. The lowest BCUT2D eigenvalue weighted by molar-refractivity contribution is -1.01. The first-order chi connectivity index (χ1) is 21.7. The molecule has 4 heteroatoms. The molecule has 3 aliphatic heterocycles. The summed E-state index contributed by atoms with van der Waals surface area (Å²) in [7, 11) is 0. The number of benzene rings is 5. The molecule has 2 aromatic heterocycles. The van der Waals surface area contributed by atoms with Gasteiger partial charge < -0.3 is 0 Å². The average molecular weight is 566 g/mol. The Bertz CT molecular complexity index is 2400. The lowest BCUT2D eigenvalue weighted by Gasteiger charge is -2.39. The smallest absolute Gasteiger partial charge is 0.216 e. The van der Waals surface area contributed by atoms with E-state index < -0.39 is 5.41 Å². The summed E-state index contributed by atoms with van der Waals surface area (Å²) in [6, 6.07) is 48.3. The van der Waals surface area contributed by atoms with Crippen molar-refractivity contribution in [2.24, 2.45) is 0 Å². The lowest BCUT2D eigenvalue weighted by Crippen LogP contribution is -2.82. The van der Waals surface area contributed by atoms with Crippen LogP contribution in [-0.2, 0) is 5.41 Å². The van der Waals surface area contributed by atoms with Gasteiger partial charge in [-0.1, -0.05) is 84.9 Å². The minimum absolute atomic E-state index is 0.283. The number of fused-ring (bicyclic) bond motifs is 13. The number of para-hydroxylation sites is 4. The van der Waals surface area contributed by atoms with Crippen LogP contribution in [0.15, 0.2) is 134 Å². The van der Waals surface area contributed by atoms with E-state index in [1.165, 1.54) is 78.4 Å². The third-order valence-corrected chi connectivity index (χ3v) is 10.7. The highest BCUT2D eigenvalue weighted by Gasteiger charge is 2.75. The van der Waals surface area contributed by atoms with Gasteiger partial charge in [0.15, 0.2) is 5.52 Å². The molecular weight excluding hydrogens is 536 g/mol. The molecule has 4 aliphatic rings. The first kappa shape index (κ1) is 23.2. The van der Waals surface area contributed by atoms with Crippen molar-refractivity contribution in [2.45, 2.75) is 25.3 Å². The van der Waals surface area contributed by atoms with Gasteiger partial charge >= 0.3 is 5.82 Å². The number of quaternary nitrogens is 1. The van der Waals surface area contributed by atoms with E-state index in [1.807, 2.05) is 0 Å². The van der Waals surface area contributed by atoms with Crippen molar-refractivity contribution in [2.75, 3.05) is 0 Å². The maximum Gasteiger partial charge on any atom is 0.354 e. The van der Waals surface area contributed by atoms with Crippen LogP contribution in [0.3, 0.4) is 0 Å². The van der Waals surface area contributed by atoms with Crippen molar-refractivity contribution in [3.8, 4) is 33.8 Å². The molecule has 5 heterocycles. The van der Waals surface area contributed by atoms with Crippen LogP contribution < -0.4 is 14.1 Å². The fraction of sp³-hybridized carbons (Fsp3) is 0.100. The van der Waals surface area contributed by atoms with Gasteiger partial charge in [0.05, 0.1) is 11.5 Å². The highest BCUT2D eigenvalue weighted by atomic mass is 15.9. The van der Waals surface area contributed by atoms with E-state index in [2.05, 4.69) is 161 Å². The Morgan fingerprint density at radius 2 is 1.14 bits per heavy atom. The molecule has 1 atom stereocenters. The summed E-state index contributed by atoms with van der Waals surface area (Å²) in [5.41, 5.74) is 16.8. The van der Waals surface area contributed by atoms with Crippen LogP contribution in [0.4, 0.5) is 11.4 Å². The molecule has 1 aliphatic carbocycles. The normalized spacial score (nSPS) is 18.2. The topological polar surface area (TPSA) is 12.7 Å². The second kappa shape index (κ2) is 7.42. The van der Waals surface area contributed by atoms with E-state index in [0.29, 0.717) is 4.70 Å². The maximum atomic E-state index is 2.63. The summed E-state index contributed by atoms with van der Waals surface area (Å²) in [5, 5.41) is 0. The predicted octanol–water partition coefficient (Wildman–Crippen LogP) is 8.00. The van der Waals surface area contributed by atoms with E-state index in [-0.39, 0.29) is 6.04 Å². The quantitative estimate of drug-likeness (QED) is 0.141. The minimum Gasteiger partial charge on any atom is -0.216 e. The van der Waals surface area contributed by atoms with Crippen LogP contribution in [-0.4, -0.2) is 4.57 Å². The summed E-state index contributed by atoms with van der Waals surface area (Å²) < 4.78 is 8.20. The third-order valence-electron chi connectivity index (χ3n) is 10.7. The molecule has 11 rings (SSSR count). The summed E-state index contributed by atoms with van der Waals surface area (Å²) in [6.07, 6.45) is 2.29. The summed E-state index contributed by atoms with van der Waals surface area (Å²) in [4.78, 5) is 0. The molecule has 0 fully saturated rings. The zero-order valence-corrected chi connectivity index (χ0v) is 24.6. The monoisotopic (exact) mass is 565 g/mol. The summed E-state index contributed by atoms with van der Waals surface area (Å²) in [6.45, 7) is 4.63. The Labute approximate surface area is 255 Å². The van der Waals surface area contributed by atoms with Gasteiger partial charge in [0.1, 0.15) is 15.8 Å². The number of nitrogens with zero attached hydrogens (tertiary/aromatic N) is 4. The minimum atomic E-state index is -0.434. The highest BCUT2D eigenvalue weighted by molar-refractivity contribution is 5.99. The number of hydrogen-bond acceptors (Lipinski definition) is 0. The number of rotatable bonds is 1. The Kier molecular flexibility index (Phi) is 3.91. The zero-order chi connectivity index (χ0) is 28.9. The van der Waals surface area contributed by atoms with Gasteiger partial charge in [0.2, 0.25) is 11.7 Å². The van der Waals surface area contributed by atoms with Gasteiger partial charge in [-0.3, -0.25) is 0 Å². The van der Waals surface area contributed by atoms with Gasteiger partial charge in [-0.25, -0.2) is 4.57 Å². The molecule has 0 amide bonds. The molecule has 2 spiro atoms. The van der Waals surface area contributed by atoms with E-state index in [0.717, 1.165) is 0 Å². The van der Waals surface area contributed by atoms with E-state index in [1.54, 1.807) is 0 Å². The second-order valence-corrected chi connectivity index (χ2v) is 12.9. The molecule has 0 radical (unpaired) electrons. The van der Waals surface area contributed by atoms with Crippen LogP contribution in [0.1, 0.15) is 42.1 Å². The van der Waals surface area contributed by atoms with Gasteiger partial charge in [-0.05, 0) is 66.4 Å². The molecule has 5 aromatic carbocycles. The fourth-order valence-electron chi connectivity index (χ4n) is 9.47. The Morgan fingerprint density at radius 3 is 1.86 bits per heavy atom. The van der Waals surface area contributed by atoms with Gasteiger partial charge in [-0.2, -0.15) is 0 Å².